The fourth-order valence-corrected chi connectivity index (χ4v) is 3.21. The van der Waals surface area contributed by atoms with Crippen molar-refractivity contribution < 1.29 is 13.5 Å². The minimum Gasteiger partial charge on any atom is -0.392 e. The first kappa shape index (κ1) is 15.3. The van der Waals surface area contributed by atoms with Crippen LogP contribution in [0.25, 0.3) is 0 Å². The van der Waals surface area contributed by atoms with Crippen molar-refractivity contribution in [1.82, 2.24) is 0 Å². The first-order valence-corrected chi connectivity index (χ1v) is 8.25. The second kappa shape index (κ2) is 6.13. The van der Waals surface area contributed by atoms with Crippen molar-refractivity contribution in [2.24, 2.45) is 0 Å². The van der Waals surface area contributed by atoms with Crippen LogP contribution < -0.4 is 4.72 Å². The van der Waals surface area contributed by atoms with E-state index in [4.69, 9.17) is 16.7 Å². The Morgan fingerprint density at radius 1 is 1.15 bits per heavy atom. The molecule has 0 bridgehead atoms. The first-order valence-electron chi connectivity index (χ1n) is 5.60. The number of benzene rings is 2. The van der Waals surface area contributed by atoms with Crippen LogP contribution in [0.3, 0.4) is 0 Å². The largest absolute Gasteiger partial charge is 0.392 e. The van der Waals surface area contributed by atoms with Gasteiger partial charge in [-0.15, -0.1) is 0 Å². The quantitative estimate of drug-likeness (QED) is 0.859. The minimum absolute atomic E-state index is 0.103. The molecule has 0 spiro atoms. The summed E-state index contributed by atoms with van der Waals surface area (Å²) >= 11 is 9.21. The summed E-state index contributed by atoms with van der Waals surface area (Å²) in [5.74, 6) is 0. The Bertz CT molecular complexity index is 717. The molecule has 0 fully saturated rings. The number of nitrogens with one attached hydrogen (secondary N) is 1. The topological polar surface area (TPSA) is 66.4 Å². The van der Waals surface area contributed by atoms with E-state index in [0.717, 1.165) is 4.47 Å². The van der Waals surface area contributed by atoms with E-state index in [0.29, 0.717) is 16.3 Å². The monoisotopic (exact) mass is 375 g/mol. The summed E-state index contributed by atoms with van der Waals surface area (Å²) in [4.78, 5) is 0.103. The number of sulfonamides is 1. The lowest BCUT2D eigenvalue weighted by Crippen LogP contribution is -2.13. The summed E-state index contributed by atoms with van der Waals surface area (Å²) in [6.45, 7) is -0.134. The third-order valence-corrected chi connectivity index (χ3v) is 4.79. The fourth-order valence-electron chi connectivity index (χ4n) is 1.55. The number of hydrogen-bond donors (Lipinski definition) is 2. The number of anilines is 1. The van der Waals surface area contributed by atoms with Gasteiger partial charge in [-0.2, -0.15) is 0 Å². The van der Waals surface area contributed by atoms with E-state index in [1.54, 1.807) is 30.3 Å². The van der Waals surface area contributed by atoms with Gasteiger partial charge in [0.1, 0.15) is 0 Å². The van der Waals surface area contributed by atoms with Gasteiger partial charge in [0, 0.05) is 4.47 Å². The molecule has 2 N–H and O–H groups in total. The van der Waals surface area contributed by atoms with Gasteiger partial charge in [-0.05, 0) is 35.9 Å². The van der Waals surface area contributed by atoms with E-state index in [1.165, 1.54) is 12.1 Å². The van der Waals surface area contributed by atoms with Crippen molar-refractivity contribution in [1.29, 1.82) is 0 Å². The highest BCUT2D eigenvalue weighted by atomic mass is 79.9. The molecule has 2 rings (SSSR count). The maximum atomic E-state index is 12.2. The third kappa shape index (κ3) is 3.52. The molecular formula is C13H11BrClNO3S. The van der Waals surface area contributed by atoms with E-state index in [1.807, 2.05) is 0 Å². The molecule has 4 nitrogen and oxygen atoms in total. The van der Waals surface area contributed by atoms with Gasteiger partial charge in [-0.1, -0.05) is 39.7 Å². The maximum absolute atomic E-state index is 12.2. The summed E-state index contributed by atoms with van der Waals surface area (Å²) in [5, 5.41) is 9.25. The predicted molar refractivity (Wildman–Crippen MR) is 82.3 cm³/mol. The Morgan fingerprint density at radius 3 is 2.40 bits per heavy atom. The molecular weight excluding hydrogens is 366 g/mol. The molecule has 0 aliphatic rings. The Balaban J connectivity index is 2.32. The molecule has 0 saturated carbocycles. The minimum atomic E-state index is -3.71. The number of aliphatic hydroxyl groups is 1. The van der Waals surface area contributed by atoms with Crippen LogP contribution in [0.5, 0.6) is 0 Å². The second-order valence-electron chi connectivity index (χ2n) is 4.03. The Kier molecular flexibility index (Phi) is 4.70. The zero-order valence-corrected chi connectivity index (χ0v) is 13.3. The summed E-state index contributed by atoms with van der Waals surface area (Å²) in [5.41, 5.74) is 0.941. The van der Waals surface area contributed by atoms with E-state index in [-0.39, 0.29) is 11.5 Å². The number of rotatable bonds is 4. The maximum Gasteiger partial charge on any atom is 0.261 e. The van der Waals surface area contributed by atoms with Crippen molar-refractivity contribution >= 4 is 43.2 Å². The fraction of sp³-hybridized carbons (Fsp3) is 0.0769. The standard InChI is InChI=1S/C13H11BrClNO3S/c14-10-3-6-12(15)13(7-10)16-20(18,19)11-4-1-9(8-17)2-5-11/h1-7,16-17H,8H2. The van der Waals surface area contributed by atoms with Crippen LogP contribution in [0.4, 0.5) is 5.69 Å². The summed E-state index contributed by atoms with van der Waals surface area (Å²) < 4.78 is 27.6. The highest BCUT2D eigenvalue weighted by Gasteiger charge is 2.15. The molecule has 0 aliphatic carbocycles. The third-order valence-electron chi connectivity index (χ3n) is 2.59. The van der Waals surface area contributed by atoms with Crippen molar-refractivity contribution in [2.45, 2.75) is 11.5 Å². The number of aliphatic hydroxyl groups excluding tert-OH is 1. The van der Waals surface area contributed by atoms with Crippen LogP contribution in [0.1, 0.15) is 5.56 Å². The molecule has 0 saturated heterocycles. The van der Waals surface area contributed by atoms with E-state index in [9.17, 15) is 8.42 Å². The molecule has 0 atom stereocenters. The predicted octanol–water partition coefficient (Wildman–Crippen LogP) is 3.40. The van der Waals surface area contributed by atoms with Gasteiger partial charge in [0.05, 0.1) is 22.2 Å². The average molecular weight is 377 g/mol. The number of halogens is 2. The molecule has 106 valence electrons. The lowest BCUT2D eigenvalue weighted by Gasteiger charge is -2.10. The van der Waals surface area contributed by atoms with E-state index < -0.39 is 10.0 Å². The molecule has 2 aromatic carbocycles. The molecule has 0 aromatic heterocycles. The van der Waals surface area contributed by atoms with E-state index in [2.05, 4.69) is 20.7 Å². The normalized spacial score (nSPS) is 11.3. The molecule has 7 heteroatoms. The Morgan fingerprint density at radius 2 is 1.80 bits per heavy atom. The lowest BCUT2D eigenvalue weighted by atomic mass is 10.2. The first-order chi connectivity index (χ1) is 9.42. The summed E-state index contributed by atoms with van der Waals surface area (Å²) in [6, 6.07) is 10.9. The van der Waals surface area contributed by atoms with Crippen LogP contribution in [-0.2, 0) is 16.6 Å². The molecule has 0 aliphatic heterocycles. The van der Waals surface area contributed by atoms with Crippen LogP contribution in [0.15, 0.2) is 51.8 Å². The SMILES string of the molecule is O=S(=O)(Nc1cc(Br)ccc1Cl)c1ccc(CO)cc1. The van der Waals surface area contributed by atoms with Crippen molar-refractivity contribution in [2.75, 3.05) is 4.72 Å². The Hall–Kier alpha value is -1.08. The number of hydrogen-bond acceptors (Lipinski definition) is 3. The molecule has 20 heavy (non-hydrogen) atoms. The zero-order chi connectivity index (χ0) is 14.8. The molecule has 0 radical (unpaired) electrons. The highest BCUT2D eigenvalue weighted by Crippen LogP contribution is 2.28. The molecule has 0 unspecified atom stereocenters. The van der Waals surface area contributed by atoms with Crippen LogP contribution >= 0.6 is 27.5 Å². The van der Waals surface area contributed by atoms with Gasteiger partial charge in [-0.25, -0.2) is 8.42 Å². The van der Waals surface area contributed by atoms with Crippen LogP contribution in [0.2, 0.25) is 5.02 Å². The Labute approximate surface area is 130 Å². The van der Waals surface area contributed by atoms with Gasteiger partial charge >= 0.3 is 0 Å². The smallest absolute Gasteiger partial charge is 0.261 e. The highest BCUT2D eigenvalue weighted by molar-refractivity contribution is 9.10. The average Bonchev–Trinajstić information content (AvgIpc) is 2.43. The van der Waals surface area contributed by atoms with Crippen LogP contribution in [0, 0.1) is 0 Å². The van der Waals surface area contributed by atoms with Crippen molar-refractivity contribution in [3.8, 4) is 0 Å². The zero-order valence-electron chi connectivity index (χ0n) is 10.2. The lowest BCUT2D eigenvalue weighted by molar-refractivity contribution is 0.282. The molecule has 2 aromatic rings. The van der Waals surface area contributed by atoms with Gasteiger partial charge in [0.2, 0.25) is 0 Å². The molecule has 0 heterocycles. The molecule has 0 amide bonds. The second-order valence-corrected chi connectivity index (χ2v) is 7.04. The summed E-state index contributed by atoms with van der Waals surface area (Å²) in [7, 11) is -3.71. The van der Waals surface area contributed by atoms with E-state index >= 15 is 0 Å². The summed E-state index contributed by atoms with van der Waals surface area (Å²) in [6.07, 6.45) is 0. The van der Waals surface area contributed by atoms with Crippen molar-refractivity contribution in [3.05, 3.63) is 57.5 Å². The van der Waals surface area contributed by atoms with Gasteiger partial charge < -0.3 is 5.11 Å². The van der Waals surface area contributed by atoms with Crippen LogP contribution in [-0.4, -0.2) is 13.5 Å². The van der Waals surface area contributed by atoms with Crippen molar-refractivity contribution in [3.63, 3.8) is 0 Å². The van der Waals surface area contributed by atoms with Gasteiger partial charge in [0.25, 0.3) is 10.0 Å². The van der Waals surface area contributed by atoms with Gasteiger partial charge in [-0.3, -0.25) is 4.72 Å². The van der Waals surface area contributed by atoms with Gasteiger partial charge in [0.15, 0.2) is 0 Å².